The van der Waals surface area contributed by atoms with Gasteiger partial charge >= 0.3 is 42.9 Å². The highest BCUT2D eigenvalue weighted by molar-refractivity contribution is 5.69. The van der Waals surface area contributed by atoms with E-state index in [-0.39, 0.29) is 70.3 Å². The van der Waals surface area contributed by atoms with Gasteiger partial charge in [-0.1, -0.05) is 145 Å². The summed E-state index contributed by atoms with van der Waals surface area (Å²) in [5.41, 5.74) is 22.2. The Hall–Kier alpha value is -10.6. The van der Waals surface area contributed by atoms with Crippen LogP contribution in [0.2, 0.25) is 0 Å². The first-order valence-electron chi connectivity index (χ1n) is 39.8. The lowest BCUT2D eigenvalue weighted by atomic mass is 9.92. The number of nitrogens with one attached hydrogen (secondary N) is 9. The first kappa shape index (κ1) is 111. The van der Waals surface area contributed by atoms with Gasteiger partial charge in [0.15, 0.2) is 5.69 Å². The lowest BCUT2D eigenvalue weighted by molar-refractivity contribution is -0.118. The molecule has 0 spiro atoms. The van der Waals surface area contributed by atoms with Crippen LogP contribution in [0.15, 0.2) is 47.6 Å². The van der Waals surface area contributed by atoms with Crippen LogP contribution in [0.3, 0.4) is 0 Å². The van der Waals surface area contributed by atoms with Crippen molar-refractivity contribution in [1.29, 1.82) is 5.26 Å². The fraction of sp³-hybridized carbons (Fsp3) is 0.671. The molecule has 0 aliphatic heterocycles. The summed E-state index contributed by atoms with van der Waals surface area (Å²) >= 11 is 0. The van der Waals surface area contributed by atoms with Crippen LogP contribution in [-0.4, -0.2) is 155 Å². The second-order valence-electron chi connectivity index (χ2n) is 39.8. The first-order valence-corrected chi connectivity index (χ1v) is 39.8. The minimum absolute atomic E-state index is 0.000663. The van der Waals surface area contributed by atoms with Crippen molar-refractivity contribution in [2.75, 3.05) is 29.8 Å². The molecule has 0 radical (unpaired) electrons. The lowest BCUT2D eigenvalue weighted by Gasteiger charge is -2.20. The van der Waals surface area contributed by atoms with E-state index in [0.717, 1.165) is 54.2 Å². The molecule has 0 atom stereocenters. The van der Waals surface area contributed by atoms with E-state index in [9.17, 15) is 58.7 Å². The molecule has 0 aliphatic carbocycles. The third-order valence-corrected chi connectivity index (χ3v) is 15.4. The summed E-state index contributed by atoms with van der Waals surface area (Å²) in [4.78, 5) is 50.7. The molecule has 7 heterocycles. The number of aromatic amines is 3. The van der Waals surface area contributed by atoms with Crippen LogP contribution in [-0.2, 0) is 96.1 Å². The lowest BCUT2D eigenvalue weighted by Crippen LogP contribution is -2.34. The molecule has 0 unspecified atom stereocenters. The third kappa shape index (κ3) is 46.8. The Morgan fingerprint density at radius 1 is 0.403 bits per heavy atom. The molecule has 15 N–H and O–H groups in total. The topological polar surface area (TPSA) is 449 Å². The number of nitrogens with two attached hydrogens (primary N) is 3. The number of hydrogen-bond donors (Lipinski definition) is 12. The summed E-state index contributed by atoms with van der Waals surface area (Å²) in [5.74, 6) is 5.76. The maximum atomic E-state index is 12.4. The molecule has 33 nitrogen and oxygen atoms in total. The highest BCUT2D eigenvalue weighted by Crippen LogP contribution is 2.28. The Kier molecular flexibility index (Phi) is 39.8. The Balaban J connectivity index is 0.000000734. The number of aromatic nitrogens is 14. The van der Waals surface area contributed by atoms with Crippen LogP contribution in [0.25, 0.3) is 0 Å². The number of alkyl halides is 9. The van der Waals surface area contributed by atoms with E-state index in [2.05, 4.69) is 171 Å². The Morgan fingerprint density at radius 2 is 0.726 bits per heavy atom. The SMILES string of the molecule is CC(C)(C)OC(=O)NCc1cc(C(C)(C)C)n[nH]1.CC(C)(C)OC(=O)NCc1cc(C(C)(C)C)nn1/N=C/C(F)(F)F.CC(C)(C)OC(=O)NCc1cc(C(C)(C)C)nn1N.CC(C)(C)OC(=O)NCc1cc(C(C)(C)C)nn1NCC(F)(F)F.CC(C)(C)c1cc(C#N)n[nH]1.CC(C)(C)c1cc(CN)[nH]n1.CC(C)(C)c1cc(CN)n(NCC(F)(F)F)n1. The summed E-state index contributed by atoms with van der Waals surface area (Å²) in [7, 11) is 0. The van der Waals surface area contributed by atoms with E-state index in [1.807, 2.05) is 128 Å². The van der Waals surface area contributed by atoms with Gasteiger partial charge in [0.1, 0.15) is 47.8 Å². The van der Waals surface area contributed by atoms with E-state index in [4.69, 9.17) is 41.5 Å². The number of amides is 4. The molecule has 4 amide bonds. The molecule has 0 saturated carbocycles. The van der Waals surface area contributed by atoms with Gasteiger partial charge in [-0.2, -0.15) is 105 Å². The second kappa shape index (κ2) is 44.3. The molecule has 702 valence electrons. The fourth-order valence-electron chi connectivity index (χ4n) is 8.86. The van der Waals surface area contributed by atoms with Gasteiger partial charge in [0, 0.05) is 62.4 Å². The van der Waals surface area contributed by atoms with Crippen molar-refractivity contribution in [2.45, 2.75) is 347 Å². The van der Waals surface area contributed by atoms with Gasteiger partial charge in [-0.05, 0) is 126 Å². The van der Waals surface area contributed by atoms with Crippen molar-refractivity contribution in [3.8, 4) is 6.07 Å². The van der Waals surface area contributed by atoms with Gasteiger partial charge in [-0.25, -0.2) is 19.2 Å². The molecule has 0 bridgehead atoms. The van der Waals surface area contributed by atoms with Crippen LogP contribution in [0.5, 0.6) is 0 Å². The van der Waals surface area contributed by atoms with Crippen LogP contribution < -0.4 is 49.4 Å². The minimum Gasteiger partial charge on any atom is -0.444 e. The number of hydrogen-bond acceptors (Lipinski definition) is 22. The fourth-order valence-corrected chi connectivity index (χ4v) is 8.86. The van der Waals surface area contributed by atoms with Gasteiger partial charge < -0.3 is 68.4 Å². The van der Waals surface area contributed by atoms with E-state index in [0.29, 0.717) is 52.9 Å². The maximum absolute atomic E-state index is 12.4. The number of nitriles is 1. The highest BCUT2D eigenvalue weighted by Gasteiger charge is 2.32. The molecule has 42 heteroatoms. The van der Waals surface area contributed by atoms with Crippen LogP contribution in [0.4, 0.5) is 58.7 Å². The zero-order valence-electron chi connectivity index (χ0n) is 78.5. The third-order valence-electron chi connectivity index (χ3n) is 15.4. The summed E-state index contributed by atoms with van der Waals surface area (Å²) in [6.07, 6.45) is -15.6. The molecule has 7 rings (SSSR count). The van der Waals surface area contributed by atoms with Crippen molar-refractivity contribution >= 4 is 30.6 Å². The summed E-state index contributed by atoms with van der Waals surface area (Å²) in [5, 5.41) is 59.5. The van der Waals surface area contributed by atoms with E-state index in [1.165, 1.54) is 4.79 Å². The smallest absolute Gasteiger partial charge is 0.428 e. The predicted molar refractivity (Wildman–Crippen MR) is 459 cm³/mol. The predicted octanol–water partition coefficient (Wildman–Crippen LogP) is 16.1. The summed E-state index contributed by atoms with van der Waals surface area (Å²) < 4.78 is 131. The summed E-state index contributed by atoms with van der Waals surface area (Å²) in [6, 6.07) is 14.6. The molecule has 0 fully saturated rings. The van der Waals surface area contributed by atoms with Crippen molar-refractivity contribution in [2.24, 2.45) is 16.6 Å². The zero-order valence-corrected chi connectivity index (χ0v) is 78.5. The van der Waals surface area contributed by atoms with E-state index in [1.54, 1.807) is 65.8 Å². The average Bonchev–Trinajstić information content (AvgIpc) is 1.68. The molecule has 0 aliphatic rings. The van der Waals surface area contributed by atoms with Gasteiger partial charge in [-0.15, -0.1) is 0 Å². The number of rotatable bonds is 15. The first-order chi connectivity index (χ1) is 55.6. The number of alkyl carbamates (subject to hydrolysis) is 4. The van der Waals surface area contributed by atoms with Crippen LogP contribution in [0.1, 0.15) is 308 Å². The van der Waals surface area contributed by atoms with Crippen molar-refractivity contribution in [1.82, 2.24) is 91.4 Å². The molecular weight excluding hydrogens is 1630 g/mol. The number of H-pyrrole nitrogens is 3. The molecule has 124 heavy (non-hydrogen) atoms. The quantitative estimate of drug-likeness (QED) is 0.0196. The highest BCUT2D eigenvalue weighted by atomic mass is 19.4. The van der Waals surface area contributed by atoms with Crippen LogP contribution in [0, 0.1) is 11.3 Å². The van der Waals surface area contributed by atoms with Crippen molar-refractivity contribution in [3.63, 3.8) is 0 Å². The molecule has 0 saturated heterocycles. The zero-order chi connectivity index (χ0) is 96.6. The Bertz CT molecular complexity index is 4510. The molecule has 7 aromatic rings. The van der Waals surface area contributed by atoms with Crippen molar-refractivity contribution in [3.05, 3.63) is 122 Å². The minimum atomic E-state index is -4.55. The van der Waals surface area contributed by atoms with Gasteiger partial charge in [-0.3, -0.25) is 15.3 Å². The number of carbonyl (C=O) groups excluding carboxylic acids is 4. The number of halogens is 9. The number of ether oxygens (including phenoxy) is 4. The van der Waals surface area contributed by atoms with Gasteiger partial charge in [0.2, 0.25) is 0 Å². The number of carbonyl (C=O) groups is 4. The second-order valence-corrected chi connectivity index (χ2v) is 39.8. The van der Waals surface area contributed by atoms with Crippen molar-refractivity contribution < 1.29 is 77.6 Å². The number of nitrogen functional groups attached to an aromatic ring is 1. The maximum Gasteiger partial charge on any atom is 0.428 e. The standard InChI is InChI=1S/C15H25F3N4O2.C15H23F3N4O2.C13H24N4O2.C13H23N3O2.C10H17F3N4.C8H15N3.C8H11N3/c2*1-13(2,3)11-7-10(8-19-12(23)24-14(4,5)6)22(21-11)20-9-15(16,17)18;1-12(2,3)10-7-9(17(14)16-10)8-15-11(18)19-13(4,5)6;1-12(2,3)10-7-9(15-16-10)8-14-11(17)18-13(4,5)6;1-9(2,3)8-4-7(5-14)17(16-8)15-6-10(11,12)13;2*1-8(2,3)7-4-6(5-9)10-11-7/h7,20H,8-9H2,1-6H3,(H,19,23);7,9H,8H2,1-6H3,(H,19,23);7H,8,14H2,1-6H3,(H,15,18);7H,8H2,1-6H3,(H,14,17)(H,15,16);4,15H,5-6,14H2,1-3H3;4H,5,9H2,1-3H3,(H,10,11);4H,1-3H3,(H,10,11)/b;20-9+;;;;;. The largest absolute Gasteiger partial charge is 0.444 e. The van der Waals surface area contributed by atoms with Crippen LogP contribution >= 0.6 is 0 Å². The molecule has 7 aromatic heterocycles. The normalized spacial score (nSPS) is 12.6. The monoisotopic (exact) mass is 1770 g/mol. The van der Waals surface area contributed by atoms with Gasteiger partial charge in [0.05, 0.1) is 88.8 Å². The summed E-state index contributed by atoms with van der Waals surface area (Å²) in [6.45, 7) is 62.3. The average molecular weight is 1770 g/mol. The Morgan fingerprint density at radius 3 is 1.03 bits per heavy atom. The Labute approximate surface area is 723 Å². The van der Waals surface area contributed by atoms with E-state index < -0.39 is 78.4 Å². The molecule has 0 aromatic carbocycles. The molecular formula is C82H138F9N25O8. The van der Waals surface area contributed by atoms with Gasteiger partial charge in [0.25, 0.3) is 0 Å². The number of nitrogens with zero attached hydrogens (tertiary/aromatic N) is 13. The van der Waals surface area contributed by atoms with E-state index >= 15 is 0 Å².